The smallest absolute Gasteiger partial charge is 0.312 e. The first-order valence-corrected chi connectivity index (χ1v) is 6.88. The van der Waals surface area contributed by atoms with Gasteiger partial charge in [0.1, 0.15) is 17.9 Å². The molecule has 0 aliphatic carbocycles. The van der Waals surface area contributed by atoms with Crippen molar-refractivity contribution in [2.24, 2.45) is 0 Å². The molecule has 0 aliphatic heterocycles. The van der Waals surface area contributed by atoms with Gasteiger partial charge in [-0.15, -0.1) is 0 Å². The predicted octanol–water partition coefficient (Wildman–Crippen LogP) is 2.06. The molecule has 0 N–H and O–H groups in total. The van der Waals surface area contributed by atoms with Crippen molar-refractivity contribution in [1.29, 1.82) is 0 Å². The standard InChI is InChI=1S/C13H22N4O3/c1-5-7-8-15(6-2)12(18)9-16-11(4)13(17(19)20)10(3)14-16/h5-9H2,1-4H3. The van der Waals surface area contributed by atoms with Crippen molar-refractivity contribution < 1.29 is 9.72 Å². The molecule has 0 spiro atoms. The average molecular weight is 282 g/mol. The van der Waals surface area contributed by atoms with Gasteiger partial charge >= 0.3 is 5.69 Å². The zero-order valence-corrected chi connectivity index (χ0v) is 12.5. The quantitative estimate of drug-likeness (QED) is 0.566. The molecule has 0 bridgehead atoms. The molecule has 0 radical (unpaired) electrons. The number of hydrogen-bond donors (Lipinski definition) is 0. The summed E-state index contributed by atoms with van der Waals surface area (Å²) in [7, 11) is 0. The number of nitro groups is 1. The maximum atomic E-state index is 12.2. The van der Waals surface area contributed by atoms with E-state index in [4.69, 9.17) is 0 Å². The summed E-state index contributed by atoms with van der Waals surface area (Å²) in [6.45, 7) is 8.61. The van der Waals surface area contributed by atoms with E-state index in [0.717, 1.165) is 12.8 Å². The second-order valence-electron chi connectivity index (χ2n) is 4.76. The van der Waals surface area contributed by atoms with E-state index < -0.39 is 4.92 Å². The molecule has 7 nitrogen and oxygen atoms in total. The first kappa shape index (κ1) is 16.1. The van der Waals surface area contributed by atoms with Crippen LogP contribution in [0.3, 0.4) is 0 Å². The number of carbonyl (C=O) groups excluding carboxylic acids is 1. The Hall–Kier alpha value is -1.92. The summed E-state index contributed by atoms with van der Waals surface area (Å²) in [6, 6.07) is 0. The predicted molar refractivity (Wildman–Crippen MR) is 75.5 cm³/mol. The monoisotopic (exact) mass is 282 g/mol. The highest BCUT2D eigenvalue weighted by molar-refractivity contribution is 5.76. The Morgan fingerprint density at radius 2 is 2.05 bits per heavy atom. The fourth-order valence-electron chi connectivity index (χ4n) is 2.14. The maximum Gasteiger partial charge on any atom is 0.312 e. The minimum absolute atomic E-state index is 0.00518. The molecule has 112 valence electrons. The zero-order chi connectivity index (χ0) is 15.3. The SMILES string of the molecule is CCCCN(CC)C(=O)Cn1nc(C)c([N+](=O)[O-])c1C. The third-order valence-electron chi connectivity index (χ3n) is 3.33. The number of nitrogens with zero attached hydrogens (tertiary/aromatic N) is 4. The molecule has 0 aliphatic rings. The molecular weight excluding hydrogens is 260 g/mol. The van der Waals surface area contributed by atoms with E-state index in [1.54, 1.807) is 18.7 Å². The molecule has 0 fully saturated rings. The van der Waals surface area contributed by atoms with Crippen molar-refractivity contribution in [1.82, 2.24) is 14.7 Å². The molecule has 20 heavy (non-hydrogen) atoms. The van der Waals surface area contributed by atoms with Crippen LogP contribution in [-0.2, 0) is 11.3 Å². The van der Waals surface area contributed by atoms with Gasteiger partial charge in [-0.05, 0) is 27.2 Å². The molecule has 1 aromatic heterocycles. The summed E-state index contributed by atoms with van der Waals surface area (Å²) in [4.78, 5) is 24.4. The van der Waals surface area contributed by atoms with Gasteiger partial charge in [-0.3, -0.25) is 19.6 Å². The number of aromatic nitrogens is 2. The molecule has 0 atom stereocenters. The van der Waals surface area contributed by atoms with Gasteiger partial charge in [-0.1, -0.05) is 13.3 Å². The van der Waals surface area contributed by atoms with Crippen LogP contribution in [0, 0.1) is 24.0 Å². The number of aryl methyl sites for hydroxylation is 1. The Morgan fingerprint density at radius 3 is 2.50 bits per heavy atom. The van der Waals surface area contributed by atoms with Gasteiger partial charge in [-0.2, -0.15) is 5.10 Å². The summed E-state index contributed by atoms with van der Waals surface area (Å²) in [5, 5.41) is 15.0. The van der Waals surface area contributed by atoms with Crippen LogP contribution in [0.4, 0.5) is 5.69 Å². The van der Waals surface area contributed by atoms with Crippen LogP contribution in [-0.4, -0.2) is 38.6 Å². The van der Waals surface area contributed by atoms with Crippen LogP contribution in [0.1, 0.15) is 38.1 Å². The van der Waals surface area contributed by atoms with Crippen molar-refractivity contribution in [3.8, 4) is 0 Å². The lowest BCUT2D eigenvalue weighted by Gasteiger charge is -2.20. The van der Waals surface area contributed by atoms with Gasteiger partial charge < -0.3 is 4.90 Å². The second kappa shape index (κ2) is 7.02. The molecule has 1 aromatic rings. The fourth-order valence-corrected chi connectivity index (χ4v) is 2.14. The fraction of sp³-hybridized carbons (Fsp3) is 0.692. The van der Waals surface area contributed by atoms with Crippen LogP contribution in [0.2, 0.25) is 0 Å². The third kappa shape index (κ3) is 3.55. The van der Waals surface area contributed by atoms with E-state index in [1.165, 1.54) is 4.68 Å². The van der Waals surface area contributed by atoms with E-state index >= 15 is 0 Å². The normalized spacial score (nSPS) is 10.6. The summed E-state index contributed by atoms with van der Waals surface area (Å²) in [6.07, 6.45) is 1.98. The van der Waals surface area contributed by atoms with Gasteiger partial charge in [-0.25, -0.2) is 0 Å². The van der Waals surface area contributed by atoms with Gasteiger partial charge in [0.25, 0.3) is 0 Å². The number of unbranched alkanes of at least 4 members (excludes halogenated alkanes) is 1. The second-order valence-corrected chi connectivity index (χ2v) is 4.76. The molecule has 7 heteroatoms. The first-order valence-electron chi connectivity index (χ1n) is 6.88. The zero-order valence-electron chi connectivity index (χ0n) is 12.5. The van der Waals surface area contributed by atoms with Crippen molar-refractivity contribution in [2.75, 3.05) is 13.1 Å². The number of carbonyl (C=O) groups is 1. The van der Waals surface area contributed by atoms with Crippen LogP contribution in [0.5, 0.6) is 0 Å². The van der Waals surface area contributed by atoms with Crippen LogP contribution >= 0.6 is 0 Å². The van der Waals surface area contributed by atoms with E-state index in [2.05, 4.69) is 12.0 Å². The summed E-state index contributed by atoms with van der Waals surface area (Å²) in [5.41, 5.74) is 0.763. The van der Waals surface area contributed by atoms with Gasteiger partial charge in [0.2, 0.25) is 5.91 Å². The summed E-state index contributed by atoms with van der Waals surface area (Å²) in [5.74, 6) is -0.0542. The highest BCUT2D eigenvalue weighted by Crippen LogP contribution is 2.21. The van der Waals surface area contributed by atoms with Crippen molar-refractivity contribution in [3.63, 3.8) is 0 Å². The molecule has 1 amide bonds. The van der Waals surface area contributed by atoms with Crippen molar-refractivity contribution in [3.05, 3.63) is 21.5 Å². The van der Waals surface area contributed by atoms with Crippen LogP contribution < -0.4 is 0 Å². The highest BCUT2D eigenvalue weighted by atomic mass is 16.6. The van der Waals surface area contributed by atoms with E-state index in [9.17, 15) is 14.9 Å². The number of amides is 1. The average Bonchev–Trinajstić information content (AvgIpc) is 2.65. The topological polar surface area (TPSA) is 81.3 Å². The van der Waals surface area contributed by atoms with E-state index in [-0.39, 0.29) is 18.1 Å². The lowest BCUT2D eigenvalue weighted by molar-refractivity contribution is -0.386. The van der Waals surface area contributed by atoms with E-state index in [1.807, 2.05) is 6.92 Å². The number of likely N-dealkylation sites (N-methyl/N-ethyl adjacent to an activating group) is 1. The van der Waals surface area contributed by atoms with Gasteiger partial charge in [0, 0.05) is 13.1 Å². The first-order chi connectivity index (χ1) is 9.42. The Balaban J connectivity index is 2.85. The van der Waals surface area contributed by atoms with Crippen LogP contribution in [0.15, 0.2) is 0 Å². The molecule has 1 rings (SSSR count). The lowest BCUT2D eigenvalue weighted by Crippen LogP contribution is -2.35. The third-order valence-corrected chi connectivity index (χ3v) is 3.33. The van der Waals surface area contributed by atoms with Gasteiger partial charge in [0.05, 0.1) is 4.92 Å². The summed E-state index contributed by atoms with van der Waals surface area (Å²) < 4.78 is 1.42. The van der Waals surface area contributed by atoms with Crippen LogP contribution in [0.25, 0.3) is 0 Å². The molecule has 0 aromatic carbocycles. The minimum atomic E-state index is -0.451. The van der Waals surface area contributed by atoms with E-state index in [0.29, 0.717) is 24.5 Å². The molecular formula is C13H22N4O3. The summed E-state index contributed by atoms with van der Waals surface area (Å²) >= 11 is 0. The Bertz CT molecular complexity index is 496. The molecule has 0 saturated heterocycles. The highest BCUT2D eigenvalue weighted by Gasteiger charge is 2.23. The van der Waals surface area contributed by atoms with Crippen molar-refractivity contribution in [2.45, 2.75) is 47.1 Å². The number of rotatable bonds is 7. The van der Waals surface area contributed by atoms with Crippen molar-refractivity contribution >= 4 is 11.6 Å². The largest absolute Gasteiger partial charge is 0.341 e. The van der Waals surface area contributed by atoms with Gasteiger partial charge in [0.15, 0.2) is 0 Å². The lowest BCUT2D eigenvalue weighted by atomic mass is 10.3. The molecule has 1 heterocycles. The maximum absolute atomic E-state index is 12.2. The minimum Gasteiger partial charge on any atom is -0.341 e. The number of hydrogen-bond acceptors (Lipinski definition) is 4. The molecule has 0 unspecified atom stereocenters. The molecule has 0 saturated carbocycles. The Labute approximate surface area is 118 Å². The Morgan fingerprint density at radius 1 is 1.40 bits per heavy atom. The Kier molecular flexibility index (Phi) is 5.66.